The van der Waals surface area contributed by atoms with E-state index in [4.69, 9.17) is 4.74 Å². The molecule has 2 aromatic rings. The molecular weight excluding hydrogens is 541 g/mol. The van der Waals surface area contributed by atoms with Crippen LogP contribution in [0.15, 0.2) is 41.4 Å². The summed E-state index contributed by atoms with van der Waals surface area (Å²) >= 11 is 0. The molecule has 222 valence electrons. The van der Waals surface area contributed by atoms with Gasteiger partial charge in [-0.05, 0) is 73.6 Å². The van der Waals surface area contributed by atoms with Crippen molar-refractivity contribution >= 4 is 6.34 Å². The van der Waals surface area contributed by atoms with Gasteiger partial charge in [0.05, 0.1) is 12.9 Å². The number of hydrogen-bond acceptors (Lipinski definition) is 4. The number of aryl methyl sites for hydroxylation is 2. The van der Waals surface area contributed by atoms with E-state index < -0.39 is 29.1 Å². The molecular formula is C29H35F7N2O2. The van der Waals surface area contributed by atoms with Crippen LogP contribution in [0.1, 0.15) is 68.7 Å². The largest absolute Gasteiger partial charge is 0.493 e. The third-order valence-electron chi connectivity index (χ3n) is 7.09. The van der Waals surface area contributed by atoms with Crippen LogP contribution in [0.2, 0.25) is 0 Å². The van der Waals surface area contributed by atoms with Crippen molar-refractivity contribution in [1.29, 1.82) is 0 Å². The molecule has 40 heavy (non-hydrogen) atoms. The van der Waals surface area contributed by atoms with Crippen LogP contribution in [0, 0.1) is 5.82 Å². The molecule has 1 aliphatic heterocycles. The molecule has 2 aromatic carbocycles. The monoisotopic (exact) mass is 576 g/mol. The summed E-state index contributed by atoms with van der Waals surface area (Å²) in [6.45, 7) is 6.97. The fraction of sp³-hybridized carbons (Fsp3) is 0.552. The Kier molecular flexibility index (Phi) is 9.80. The Morgan fingerprint density at radius 1 is 0.925 bits per heavy atom. The lowest BCUT2D eigenvalue weighted by atomic mass is 9.87. The zero-order chi connectivity index (χ0) is 29.8. The van der Waals surface area contributed by atoms with E-state index in [1.807, 2.05) is 11.8 Å². The van der Waals surface area contributed by atoms with E-state index in [0.717, 1.165) is 17.7 Å². The first-order valence-electron chi connectivity index (χ1n) is 13.4. The summed E-state index contributed by atoms with van der Waals surface area (Å²) in [6.07, 6.45) is -7.55. The van der Waals surface area contributed by atoms with Crippen molar-refractivity contribution in [2.75, 3.05) is 19.7 Å². The standard InChI is InChI=1S/C29H35F7N2O2/c1-4-8-20-16-23(27(39,28(31,32)33)29(34,35)36)17-21(9-5-2)25(20)40-15-7-6-14-38-18-26(3,37-19-38)22-10-12-24(30)13-11-22/h10-13,16-17,19,39H,4-9,14-15,18H2,1-3H3. The minimum atomic E-state index is -5.95. The minimum absolute atomic E-state index is 0.192. The topological polar surface area (TPSA) is 45.1 Å². The molecule has 0 spiro atoms. The van der Waals surface area contributed by atoms with Crippen LogP contribution in [0.5, 0.6) is 5.75 Å². The summed E-state index contributed by atoms with van der Waals surface area (Å²) < 4.78 is 101. The van der Waals surface area contributed by atoms with Gasteiger partial charge in [0.15, 0.2) is 0 Å². The second-order valence-corrected chi connectivity index (χ2v) is 10.4. The summed E-state index contributed by atoms with van der Waals surface area (Å²) in [7, 11) is 0. The van der Waals surface area contributed by atoms with Gasteiger partial charge in [-0.15, -0.1) is 0 Å². The molecule has 0 aliphatic carbocycles. The van der Waals surface area contributed by atoms with Crippen LogP contribution in [0.25, 0.3) is 0 Å². The zero-order valence-corrected chi connectivity index (χ0v) is 22.8. The van der Waals surface area contributed by atoms with Gasteiger partial charge >= 0.3 is 12.4 Å². The van der Waals surface area contributed by atoms with Crippen molar-refractivity contribution in [3.05, 3.63) is 64.5 Å². The molecule has 1 aliphatic rings. The molecule has 3 rings (SSSR count). The van der Waals surface area contributed by atoms with Crippen molar-refractivity contribution in [2.24, 2.45) is 4.99 Å². The van der Waals surface area contributed by atoms with E-state index in [1.165, 1.54) is 12.1 Å². The highest BCUT2D eigenvalue weighted by molar-refractivity contribution is 5.60. The zero-order valence-electron chi connectivity index (χ0n) is 22.8. The smallest absolute Gasteiger partial charge is 0.430 e. The number of aliphatic hydroxyl groups is 1. The maximum Gasteiger partial charge on any atom is 0.430 e. The van der Waals surface area contributed by atoms with Gasteiger partial charge in [0.2, 0.25) is 0 Å². The maximum absolute atomic E-state index is 13.6. The predicted molar refractivity (Wildman–Crippen MR) is 139 cm³/mol. The van der Waals surface area contributed by atoms with E-state index in [9.17, 15) is 35.8 Å². The number of hydrogen-bond donors (Lipinski definition) is 1. The molecule has 0 saturated carbocycles. The van der Waals surface area contributed by atoms with Crippen LogP contribution >= 0.6 is 0 Å². The number of aliphatic imine (C=N–C) groups is 1. The van der Waals surface area contributed by atoms with Gasteiger partial charge in [-0.2, -0.15) is 26.3 Å². The summed E-state index contributed by atoms with van der Waals surface area (Å²) in [5.74, 6) is -0.0350. The Labute approximate surface area is 229 Å². The number of nitrogens with zero attached hydrogens (tertiary/aromatic N) is 2. The van der Waals surface area contributed by atoms with Crippen LogP contribution in [-0.2, 0) is 24.0 Å². The van der Waals surface area contributed by atoms with Gasteiger partial charge in [-0.25, -0.2) is 4.39 Å². The third-order valence-corrected chi connectivity index (χ3v) is 7.09. The van der Waals surface area contributed by atoms with Gasteiger partial charge in [-0.3, -0.25) is 4.99 Å². The van der Waals surface area contributed by atoms with E-state index in [-0.39, 0.29) is 42.1 Å². The molecule has 0 amide bonds. The molecule has 0 bridgehead atoms. The lowest BCUT2D eigenvalue weighted by molar-refractivity contribution is -0.376. The quantitative estimate of drug-likeness (QED) is 0.211. The highest BCUT2D eigenvalue weighted by Crippen LogP contribution is 2.51. The number of benzene rings is 2. The third kappa shape index (κ3) is 6.72. The fourth-order valence-electron chi connectivity index (χ4n) is 4.94. The summed E-state index contributed by atoms with van der Waals surface area (Å²) in [5, 5.41) is 9.98. The SMILES string of the molecule is CCCc1cc(C(O)(C(F)(F)F)C(F)(F)F)cc(CCC)c1OCCCCN1C=NC(C)(c2ccc(F)cc2)C1. The second-order valence-electron chi connectivity index (χ2n) is 10.4. The lowest BCUT2D eigenvalue weighted by Crippen LogP contribution is -2.54. The van der Waals surface area contributed by atoms with Crippen LogP contribution in [0.3, 0.4) is 0 Å². The van der Waals surface area contributed by atoms with Gasteiger partial charge in [0.1, 0.15) is 17.1 Å². The average molecular weight is 577 g/mol. The fourth-order valence-corrected chi connectivity index (χ4v) is 4.94. The van der Waals surface area contributed by atoms with Crippen LogP contribution < -0.4 is 4.74 Å². The van der Waals surface area contributed by atoms with Crippen molar-refractivity contribution in [3.63, 3.8) is 0 Å². The summed E-state index contributed by atoms with van der Waals surface area (Å²) in [6, 6.07) is 7.76. The highest BCUT2D eigenvalue weighted by atomic mass is 19.4. The molecule has 0 radical (unpaired) electrons. The van der Waals surface area contributed by atoms with E-state index in [0.29, 0.717) is 38.8 Å². The predicted octanol–water partition coefficient (Wildman–Crippen LogP) is 7.46. The number of unbranched alkanes of at least 4 members (excludes halogenated alkanes) is 1. The van der Waals surface area contributed by atoms with E-state index in [1.54, 1.807) is 32.3 Å². The first-order chi connectivity index (χ1) is 18.7. The second kappa shape index (κ2) is 12.4. The van der Waals surface area contributed by atoms with Crippen LogP contribution in [-0.4, -0.2) is 48.4 Å². The molecule has 0 saturated heterocycles. The Balaban J connectivity index is 1.70. The first-order valence-corrected chi connectivity index (χ1v) is 13.4. The van der Waals surface area contributed by atoms with E-state index in [2.05, 4.69) is 4.99 Å². The molecule has 11 heteroatoms. The molecule has 0 fully saturated rings. The van der Waals surface area contributed by atoms with Crippen LogP contribution in [0.4, 0.5) is 30.7 Å². The normalized spacial score (nSPS) is 18.0. The number of alkyl halides is 6. The molecule has 0 aromatic heterocycles. The molecule has 4 nitrogen and oxygen atoms in total. The van der Waals surface area contributed by atoms with Gasteiger partial charge < -0.3 is 14.7 Å². The molecule has 1 N–H and O–H groups in total. The average Bonchev–Trinajstić information content (AvgIpc) is 3.25. The van der Waals surface area contributed by atoms with Crippen molar-refractivity contribution < 1.29 is 40.6 Å². The van der Waals surface area contributed by atoms with E-state index >= 15 is 0 Å². The number of halogens is 7. The minimum Gasteiger partial charge on any atom is -0.493 e. The van der Waals surface area contributed by atoms with Crippen molar-refractivity contribution in [1.82, 2.24) is 4.90 Å². The molecule has 1 heterocycles. The summed E-state index contributed by atoms with van der Waals surface area (Å²) in [4.78, 5) is 6.63. The van der Waals surface area contributed by atoms with Gasteiger partial charge in [-0.1, -0.05) is 38.8 Å². The van der Waals surface area contributed by atoms with Crippen molar-refractivity contribution in [3.8, 4) is 5.75 Å². The molecule has 1 atom stereocenters. The Morgan fingerprint density at radius 2 is 1.48 bits per heavy atom. The Hall–Kier alpha value is -2.82. The Morgan fingerprint density at radius 3 is 1.98 bits per heavy atom. The number of ether oxygens (including phenoxy) is 1. The van der Waals surface area contributed by atoms with Crippen molar-refractivity contribution in [2.45, 2.75) is 82.8 Å². The summed E-state index contributed by atoms with van der Waals surface area (Å²) in [5.41, 5.74) is -5.42. The Bertz CT molecular complexity index is 1120. The molecule has 1 unspecified atom stereocenters. The van der Waals surface area contributed by atoms with Gasteiger partial charge in [0.25, 0.3) is 5.60 Å². The first kappa shape index (κ1) is 31.7. The number of rotatable bonds is 12. The van der Waals surface area contributed by atoms with Gasteiger partial charge in [0, 0.05) is 18.7 Å². The lowest BCUT2D eigenvalue weighted by Gasteiger charge is -2.33. The maximum atomic E-state index is 13.6. The highest BCUT2D eigenvalue weighted by Gasteiger charge is 2.71.